The number of rotatable bonds is 1. The van der Waals surface area contributed by atoms with E-state index in [0.717, 1.165) is 0 Å². The molecule has 0 radical (unpaired) electrons. The van der Waals surface area contributed by atoms with Gasteiger partial charge in [0.05, 0.1) is 28.2 Å². The monoisotopic (exact) mass is 269 g/mol. The third kappa shape index (κ3) is 1.82. The maximum Gasteiger partial charge on any atom is 0.144 e. The van der Waals surface area contributed by atoms with Crippen molar-refractivity contribution >= 4 is 11.0 Å². The lowest BCUT2D eigenvalue weighted by Crippen LogP contribution is -1.94. The zero-order chi connectivity index (χ0) is 14.3. The summed E-state index contributed by atoms with van der Waals surface area (Å²) in [6.07, 6.45) is 0. The van der Waals surface area contributed by atoms with E-state index in [1.165, 1.54) is 12.1 Å². The maximum atomic E-state index is 14.1. The topological polar surface area (TPSA) is 52.5 Å². The van der Waals surface area contributed by atoms with Crippen LogP contribution in [0.3, 0.4) is 0 Å². The van der Waals surface area contributed by atoms with Crippen molar-refractivity contribution in [1.29, 1.82) is 5.26 Å². The Morgan fingerprint density at radius 3 is 2.75 bits per heavy atom. The number of aryl methyl sites for hydroxylation is 1. The van der Waals surface area contributed by atoms with Gasteiger partial charge in [-0.2, -0.15) is 5.26 Å². The van der Waals surface area contributed by atoms with E-state index in [9.17, 15) is 8.78 Å². The number of hydrogen-bond acceptors (Lipinski definition) is 2. The minimum absolute atomic E-state index is 0.119. The number of aromatic nitrogens is 2. The van der Waals surface area contributed by atoms with Crippen LogP contribution in [-0.4, -0.2) is 9.97 Å². The van der Waals surface area contributed by atoms with E-state index in [-0.39, 0.29) is 11.4 Å². The van der Waals surface area contributed by atoms with Crippen LogP contribution in [0.4, 0.5) is 8.78 Å². The third-order valence-electron chi connectivity index (χ3n) is 3.13. The average molecular weight is 269 g/mol. The first-order chi connectivity index (χ1) is 9.60. The van der Waals surface area contributed by atoms with Crippen molar-refractivity contribution < 1.29 is 8.78 Å². The first-order valence-corrected chi connectivity index (χ1v) is 5.95. The Morgan fingerprint density at radius 1 is 1.20 bits per heavy atom. The van der Waals surface area contributed by atoms with E-state index in [1.54, 1.807) is 25.1 Å². The summed E-state index contributed by atoms with van der Waals surface area (Å²) in [5.41, 5.74) is 1.75. The molecule has 98 valence electrons. The van der Waals surface area contributed by atoms with Crippen molar-refractivity contribution in [2.24, 2.45) is 0 Å². The Bertz CT molecular complexity index is 859. The molecule has 0 spiro atoms. The molecule has 0 atom stereocenters. The summed E-state index contributed by atoms with van der Waals surface area (Å²) in [5, 5.41) is 8.84. The lowest BCUT2D eigenvalue weighted by molar-refractivity contribution is 0.582. The molecular weight excluding hydrogens is 260 g/mol. The summed E-state index contributed by atoms with van der Waals surface area (Å²) >= 11 is 0. The van der Waals surface area contributed by atoms with Crippen LogP contribution in [0, 0.1) is 29.9 Å². The van der Waals surface area contributed by atoms with Crippen molar-refractivity contribution in [2.75, 3.05) is 0 Å². The Labute approximate surface area is 113 Å². The summed E-state index contributed by atoms with van der Waals surface area (Å²) < 4.78 is 27.9. The Hall–Kier alpha value is -2.74. The molecule has 2 aromatic carbocycles. The number of H-pyrrole nitrogens is 1. The molecule has 3 aromatic rings. The molecule has 0 bridgehead atoms. The molecule has 1 aromatic heterocycles. The van der Waals surface area contributed by atoms with Crippen molar-refractivity contribution in [3.63, 3.8) is 0 Å². The van der Waals surface area contributed by atoms with Gasteiger partial charge in [0.15, 0.2) is 0 Å². The molecule has 0 aliphatic carbocycles. The van der Waals surface area contributed by atoms with Crippen LogP contribution in [0.15, 0.2) is 30.3 Å². The molecule has 0 fully saturated rings. The lowest BCUT2D eigenvalue weighted by Gasteiger charge is -2.03. The first-order valence-electron chi connectivity index (χ1n) is 5.95. The van der Waals surface area contributed by atoms with Gasteiger partial charge in [0.25, 0.3) is 0 Å². The molecule has 0 saturated carbocycles. The molecule has 1 N–H and O–H groups in total. The van der Waals surface area contributed by atoms with Crippen LogP contribution in [0.25, 0.3) is 22.4 Å². The van der Waals surface area contributed by atoms with Crippen LogP contribution >= 0.6 is 0 Å². The second-order valence-corrected chi connectivity index (χ2v) is 4.48. The highest BCUT2D eigenvalue weighted by atomic mass is 19.1. The maximum absolute atomic E-state index is 14.1. The first kappa shape index (κ1) is 12.3. The number of benzene rings is 2. The molecular formula is C15H9F2N3. The number of nitriles is 1. The third-order valence-corrected chi connectivity index (χ3v) is 3.13. The van der Waals surface area contributed by atoms with E-state index >= 15 is 0 Å². The van der Waals surface area contributed by atoms with E-state index in [2.05, 4.69) is 9.97 Å². The van der Waals surface area contributed by atoms with Gasteiger partial charge in [0, 0.05) is 0 Å². The van der Waals surface area contributed by atoms with Gasteiger partial charge >= 0.3 is 0 Å². The minimum atomic E-state index is -0.673. The summed E-state index contributed by atoms with van der Waals surface area (Å²) in [4.78, 5) is 7.03. The van der Waals surface area contributed by atoms with E-state index < -0.39 is 11.6 Å². The highest BCUT2D eigenvalue weighted by molar-refractivity contribution is 5.81. The van der Waals surface area contributed by atoms with Crippen molar-refractivity contribution in [1.82, 2.24) is 9.97 Å². The summed E-state index contributed by atoms with van der Waals surface area (Å²) in [5.74, 6) is -1.19. The Balaban J connectivity index is 2.26. The number of fused-ring (bicyclic) bond motifs is 1. The fraction of sp³-hybridized carbons (Fsp3) is 0.0667. The molecule has 5 heteroatoms. The van der Waals surface area contributed by atoms with Gasteiger partial charge in [-0.15, -0.1) is 0 Å². The van der Waals surface area contributed by atoms with Crippen LogP contribution in [0.5, 0.6) is 0 Å². The highest BCUT2D eigenvalue weighted by Gasteiger charge is 2.17. The molecule has 20 heavy (non-hydrogen) atoms. The summed E-state index contributed by atoms with van der Waals surface area (Å²) in [6, 6.07) is 9.43. The molecule has 0 aliphatic heterocycles. The molecule has 0 amide bonds. The Kier molecular flexibility index (Phi) is 2.72. The van der Waals surface area contributed by atoms with Crippen LogP contribution < -0.4 is 0 Å². The highest BCUT2D eigenvalue weighted by Crippen LogP contribution is 2.27. The van der Waals surface area contributed by atoms with Gasteiger partial charge in [-0.25, -0.2) is 13.8 Å². The molecule has 0 saturated heterocycles. The number of aromatic amines is 1. The smallest absolute Gasteiger partial charge is 0.144 e. The fourth-order valence-corrected chi connectivity index (χ4v) is 2.07. The van der Waals surface area contributed by atoms with Crippen molar-refractivity contribution in [2.45, 2.75) is 6.92 Å². The van der Waals surface area contributed by atoms with Crippen LogP contribution in [0.1, 0.15) is 11.1 Å². The van der Waals surface area contributed by atoms with Crippen LogP contribution in [-0.2, 0) is 0 Å². The van der Waals surface area contributed by atoms with Gasteiger partial charge in [-0.05, 0) is 36.8 Å². The Morgan fingerprint density at radius 2 is 2.00 bits per heavy atom. The minimum Gasteiger partial charge on any atom is -0.338 e. The van der Waals surface area contributed by atoms with Crippen molar-refractivity contribution in [3.05, 3.63) is 53.1 Å². The van der Waals surface area contributed by atoms with Gasteiger partial charge in [-0.1, -0.05) is 6.07 Å². The number of nitrogens with one attached hydrogen (secondary N) is 1. The molecule has 3 nitrogen and oxygen atoms in total. The number of halogens is 2. The van der Waals surface area contributed by atoms with Crippen molar-refractivity contribution in [3.8, 4) is 17.5 Å². The summed E-state index contributed by atoms with van der Waals surface area (Å²) in [7, 11) is 0. The van der Waals surface area contributed by atoms with E-state index in [0.29, 0.717) is 22.2 Å². The standard InChI is InChI=1S/C15H9F2N3/c1-8-2-4-10(16)13(14(8)17)15-19-11-5-3-9(7-18)6-12(11)20-15/h2-6H,1H3,(H,19,20). The number of nitrogens with zero attached hydrogens (tertiary/aromatic N) is 2. The predicted molar refractivity (Wildman–Crippen MR) is 70.9 cm³/mol. The predicted octanol–water partition coefficient (Wildman–Crippen LogP) is 3.69. The zero-order valence-electron chi connectivity index (χ0n) is 10.5. The zero-order valence-corrected chi connectivity index (χ0v) is 10.5. The molecule has 3 rings (SSSR count). The van der Waals surface area contributed by atoms with Gasteiger partial charge in [-0.3, -0.25) is 0 Å². The second kappa shape index (κ2) is 4.42. The van der Waals surface area contributed by atoms with Gasteiger partial charge in [0.2, 0.25) is 0 Å². The SMILES string of the molecule is Cc1ccc(F)c(-c2nc3ccc(C#N)cc3[nH]2)c1F. The number of imidazole rings is 1. The molecule has 0 aliphatic rings. The van der Waals surface area contributed by atoms with Gasteiger partial charge < -0.3 is 4.98 Å². The second-order valence-electron chi connectivity index (χ2n) is 4.48. The number of hydrogen-bond donors (Lipinski definition) is 1. The lowest BCUT2D eigenvalue weighted by atomic mass is 10.1. The largest absolute Gasteiger partial charge is 0.338 e. The van der Waals surface area contributed by atoms with Gasteiger partial charge in [0.1, 0.15) is 17.5 Å². The van der Waals surface area contributed by atoms with E-state index in [4.69, 9.17) is 5.26 Å². The molecule has 1 heterocycles. The van der Waals surface area contributed by atoms with Crippen LogP contribution in [0.2, 0.25) is 0 Å². The normalized spacial score (nSPS) is 10.7. The quantitative estimate of drug-likeness (QED) is 0.732. The summed E-state index contributed by atoms with van der Waals surface area (Å²) in [6.45, 7) is 1.56. The van der Waals surface area contributed by atoms with E-state index in [1.807, 2.05) is 6.07 Å². The molecule has 0 unspecified atom stereocenters. The fourth-order valence-electron chi connectivity index (χ4n) is 2.07. The average Bonchev–Trinajstić information content (AvgIpc) is 2.85.